The number of hydrogen-bond donors (Lipinski definition) is 1. The second-order valence-electron chi connectivity index (χ2n) is 3.89. The Morgan fingerprint density at radius 3 is 2.35 bits per heavy atom. The number of nitrogens with zero attached hydrogens (tertiary/aromatic N) is 1. The number of halogens is 4. The van der Waals surface area contributed by atoms with Crippen molar-refractivity contribution in [3.05, 3.63) is 54.0 Å². The number of benzene rings is 1. The topological polar surface area (TPSA) is 24.9 Å². The summed E-state index contributed by atoms with van der Waals surface area (Å²) in [4.78, 5) is 3.75. The summed E-state index contributed by atoms with van der Waals surface area (Å²) in [5, 5.41) is 2.89. The van der Waals surface area contributed by atoms with Gasteiger partial charge in [0.15, 0.2) is 0 Å². The van der Waals surface area contributed by atoms with Crippen LogP contribution in [0.1, 0.15) is 5.56 Å². The third-order valence-corrected chi connectivity index (χ3v) is 3.08. The van der Waals surface area contributed by atoms with Gasteiger partial charge >= 0.3 is 5.51 Å². The monoisotopic (exact) mass is 302 g/mol. The minimum Gasteiger partial charge on any atom is -0.366 e. The van der Waals surface area contributed by atoms with Gasteiger partial charge in [-0.15, -0.1) is 0 Å². The molecule has 1 N–H and O–H groups in total. The van der Waals surface area contributed by atoms with E-state index < -0.39 is 11.5 Å². The molecule has 1 aromatic heterocycles. The molecule has 0 bridgehead atoms. The molecule has 0 spiro atoms. The van der Waals surface area contributed by atoms with Crippen molar-refractivity contribution in [2.24, 2.45) is 0 Å². The lowest BCUT2D eigenvalue weighted by atomic mass is 10.2. The van der Waals surface area contributed by atoms with Gasteiger partial charge < -0.3 is 5.32 Å². The first-order chi connectivity index (χ1) is 9.42. The molecule has 0 aliphatic rings. The molecule has 0 radical (unpaired) electrons. The maximum Gasteiger partial charge on any atom is 0.446 e. The van der Waals surface area contributed by atoms with E-state index in [0.29, 0.717) is 12.4 Å². The maximum atomic E-state index is 12.8. The molecule has 2 nitrogen and oxygen atoms in total. The fraction of sp³-hybridized carbons (Fsp3) is 0.154. The predicted molar refractivity (Wildman–Crippen MR) is 69.9 cm³/mol. The van der Waals surface area contributed by atoms with Crippen molar-refractivity contribution in [3.63, 3.8) is 0 Å². The molecule has 20 heavy (non-hydrogen) atoms. The number of thioether (sulfide) groups is 1. The van der Waals surface area contributed by atoms with Crippen LogP contribution in [-0.4, -0.2) is 10.5 Å². The zero-order valence-corrected chi connectivity index (χ0v) is 10.9. The van der Waals surface area contributed by atoms with Gasteiger partial charge in [0.05, 0.1) is 0 Å². The SMILES string of the molecule is Fc1cccc(NCc2ccc(SC(F)(F)F)cc2)n1. The lowest BCUT2D eigenvalue weighted by molar-refractivity contribution is -0.0328. The van der Waals surface area contributed by atoms with Crippen LogP contribution in [0.15, 0.2) is 47.4 Å². The van der Waals surface area contributed by atoms with Gasteiger partial charge in [-0.1, -0.05) is 18.2 Å². The van der Waals surface area contributed by atoms with E-state index in [1.807, 2.05) is 0 Å². The zero-order chi connectivity index (χ0) is 14.6. The molecule has 2 rings (SSSR count). The Bertz CT molecular complexity index is 569. The Morgan fingerprint density at radius 1 is 1.05 bits per heavy atom. The fourth-order valence-corrected chi connectivity index (χ4v) is 2.05. The average Bonchev–Trinajstić information content (AvgIpc) is 2.36. The van der Waals surface area contributed by atoms with E-state index in [1.165, 1.54) is 24.3 Å². The van der Waals surface area contributed by atoms with Gasteiger partial charge in [-0.05, 0) is 41.6 Å². The molecule has 1 heterocycles. The van der Waals surface area contributed by atoms with Crippen molar-refractivity contribution >= 4 is 17.6 Å². The molecule has 1 aromatic carbocycles. The summed E-state index contributed by atoms with van der Waals surface area (Å²) in [6, 6.07) is 10.3. The summed E-state index contributed by atoms with van der Waals surface area (Å²) in [5.74, 6) is -0.217. The molecule has 2 aromatic rings. The van der Waals surface area contributed by atoms with E-state index in [0.717, 1.165) is 5.56 Å². The smallest absolute Gasteiger partial charge is 0.366 e. The number of pyridine rings is 1. The Morgan fingerprint density at radius 2 is 1.75 bits per heavy atom. The quantitative estimate of drug-likeness (QED) is 0.513. The molecular formula is C13H10F4N2S. The van der Waals surface area contributed by atoms with E-state index in [1.54, 1.807) is 18.2 Å². The van der Waals surface area contributed by atoms with Crippen LogP contribution >= 0.6 is 11.8 Å². The van der Waals surface area contributed by atoms with E-state index in [-0.39, 0.29) is 16.7 Å². The third kappa shape index (κ3) is 4.73. The lowest BCUT2D eigenvalue weighted by Gasteiger charge is -2.08. The highest BCUT2D eigenvalue weighted by molar-refractivity contribution is 8.00. The normalized spacial score (nSPS) is 11.4. The van der Waals surface area contributed by atoms with Crippen molar-refractivity contribution in [3.8, 4) is 0 Å². The molecule has 0 unspecified atom stereocenters. The summed E-state index contributed by atoms with van der Waals surface area (Å²) in [7, 11) is 0. The largest absolute Gasteiger partial charge is 0.446 e. The standard InChI is InChI=1S/C13H10F4N2S/c14-11-2-1-3-12(19-11)18-8-9-4-6-10(7-5-9)20-13(15,16)17/h1-7H,8H2,(H,18,19). The number of aromatic nitrogens is 1. The maximum absolute atomic E-state index is 12.8. The second kappa shape index (κ2) is 6.13. The molecule has 0 saturated carbocycles. The second-order valence-corrected chi connectivity index (χ2v) is 5.03. The number of anilines is 1. The van der Waals surface area contributed by atoms with Crippen molar-refractivity contribution < 1.29 is 17.6 Å². The van der Waals surface area contributed by atoms with Gasteiger partial charge in [0, 0.05) is 11.4 Å². The highest BCUT2D eigenvalue weighted by atomic mass is 32.2. The highest BCUT2D eigenvalue weighted by Crippen LogP contribution is 2.36. The lowest BCUT2D eigenvalue weighted by Crippen LogP contribution is -2.02. The van der Waals surface area contributed by atoms with E-state index in [4.69, 9.17) is 0 Å². The van der Waals surface area contributed by atoms with Gasteiger partial charge in [-0.3, -0.25) is 0 Å². The molecule has 0 saturated heterocycles. The van der Waals surface area contributed by atoms with Crippen molar-refractivity contribution in [1.29, 1.82) is 0 Å². The summed E-state index contributed by atoms with van der Waals surface area (Å²) in [5.41, 5.74) is -3.51. The number of rotatable bonds is 4. The van der Waals surface area contributed by atoms with Crippen LogP contribution < -0.4 is 5.32 Å². The van der Waals surface area contributed by atoms with Crippen molar-refractivity contribution in [2.75, 3.05) is 5.32 Å². The summed E-state index contributed by atoms with van der Waals surface area (Å²) < 4.78 is 49.3. The Balaban J connectivity index is 1.94. The number of alkyl halides is 3. The van der Waals surface area contributed by atoms with E-state index in [9.17, 15) is 17.6 Å². The van der Waals surface area contributed by atoms with Crippen LogP contribution in [-0.2, 0) is 6.54 Å². The molecule has 0 atom stereocenters. The van der Waals surface area contributed by atoms with Crippen LogP contribution in [0.3, 0.4) is 0 Å². The summed E-state index contributed by atoms with van der Waals surface area (Å²) >= 11 is -0.156. The van der Waals surface area contributed by atoms with Gasteiger partial charge in [-0.25, -0.2) is 4.98 Å². The Labute approximate surface area is 117 Å². The first-order valence-corrected chi connectivity index (χ1v) is 6.45. The molecular weight excluding hydrogens is 292 g/mol. The Hall–Kier alpha value is -1.76. The van der Waals surface area contributed by atoms with Crippen LogP contribution in [0, 0.1) is 5.95 Å². The van der Waals surface area contributed by atoms with Crippen molar-refractivity contribution in [1.82, 2.24) is 4.98 Å². The minimum absolute atomic E-state index is 0.130. The number of nitrogens with one attached hydrogen (secondary N) is 1. The minimum atomic E-state index is -4.29. The van der Waals surface area contributed by atoms with Gasteiger partial charge in [0.25, 0.3) is 0 Å². The Kier molecular flexibility index (Phi) is 4.49. The molecule has 0 amide bonds. The fourth-order valence-electron chi connectivity index (χ4n) is 1.51. The summed E-state index contributed by atoms with van der Waals surface area (Å²) in [6.45, 7) is 0.355. The molecule has 0 aliphatic carbocycles. The van der Waals surface area contributed by atoms with Crippen LogP contribution in [0.5, 0.6) is 0 Å². The molecule has 106 valence electrons. The van der Waals surface area contributed by atoms with Gasteiger partial charge in [0.2, 0.25) is 5.95 Å². The van der Waals surface area contributed by atoms with Crippen molar-refractivity contribution in [2.45, 2.75) is 16.9 Å². The van der Waals surface area contributed by atoms with Crippen LogP contribution in [0.2, 0.25) is 0 Å². The number of hydrogen-bond acceptors (Lipinski definition) is 3. The third-order valence-electron chi connectivity index (χ3n) is 2.35. The van der Waals surface area contributed by atoms with E-state index >= 15 is 0 Å². The highest BCUT2D eigenvalue weighted by Gasteiger charge is 2.28. The van der Waals surface area contributed by atoms with Gasteiger partial charge in [-0.2, -0.15) is 17.6 Å². The van der Waals surface area contributed by atoms with E-state index in [2.05, 4.69) is 10.3 Å². The first kappa shape index (κ1) is 14.6. The zero-order valence-electron chi connectivity index (χ0n) is 10.1. The predicted octanol–water partition coefficient (Wildman–Crippen LogP) is 4.44. The van der Waals surface area contributed by atoms with Gasteiger partial charge in [0.1, 0.15) is 5.82 Å². The summed E-state index contributed by atoms with van der Waals surface area (Å²) in [6.07, 6.45) is 0. The average molecular weight is 302 g/mol. The molecule has 0 aliphatic heterocycles. The van der Waals surface area contributed by atoms with Crippen LogP contribution in [0.25, 0.3) is 0 Å². The first-order valence-electron chi connectivity index (χ1n) is 5.63. The van der Waals surface area contributed by atoms with Crippen LogP contribution in [0.4, 0.5) is 23.4 Å². The molecule has 0 fully saturated rings. The molecule has 7 heteroatoms.